The zero-order valence-corrected chi connectivity index (χ0v) is 12.7. The van der Waals surface area contributed by atoms with E-state index in [9.17, 15) is 5.11 Å². The van der Waals surface area contributed by atoms with Crippen LogP contribution in [0.1, 0.15) is 43.1 Å². The first-order valence-electron chi connectivity index (χ1n) is 6.93. The third kappa shape index (κ3) is 2.91. The molecule has 0 bridgehead atoms. The van der Waals surface area contributed by atoms with Crippen molar-refractivity contribution in [3.8, 4) is 0 Å². The van der Waals surface area contributed by atoms with Gasteiger partial charge in [-0.05, 0) is 41.0 Å². The van der Waals surface area contributed by atoms with Gasteiger partial charge in [0.1, 0.15) is 0 Å². The van der Waals surface area contributed by atoms with Crippen LogP contribution >= 0.6 is 15.9 Å². The molecule has 6 heteroatoms. The van der Waals surface area contributed by atoms with Crippen molar-refractivity contribution >= 4 is 15.9 Å². The fraction of sp³-hybridized carbons (Fsp3) is 0.500. The number of nitrogens with zero attached hydrogens (tertiary/aromatic N) is 4. The van der Waals surface area contributed by atoms with Gasteiger partial charge in [-0.2, -0.15) is 0 Å². The highest BCUT2D eigenvalue weighted by Gasteiger charge is 2.27. The van der Waals surface area contributed by atoms with Crippen LogP contribution in [0, 0.1) is 0 Å². The van der Waals surface area contributed by atoms with Crippen molar-refractivity contribution in [2.45, 2.75) is 44.2 Å². The molecule has 0 radical (unpaired) electrons. The smallest absolute Gasteiger partial charge is 0.156 e. The average Bonchev–Trinajstić information content (AvgIpc) is 2.90. The molecule has 1 fully saturated rings. The monoisotopic (exact) mass is 336 g/mol. The number of tetrazole rings is 1. The van der Waals surface area contributed by atoms with Gasteiger partial charge in [0.2, 0.25) is 0 Å². The standard InChI is InChI=1S/C14H17BrN4O/c15-11-7-5-10(6-8-11)9-14-16-17-18-19(14)12-3-1-2-4-13(12)20/h5-8,12-13,20H,1-4,9H2/t12-,13-/m1/s1. The van der Waals surface area contributed by atoms with Crippen LogP contribution in [0.3, 0.4) is 0 Å². The van der Waals surface area contributed by atoms with E-state index in [1.807, 2.05) is 16.8 Å². The molecule has 20 heavy (non-hydrogen) atoms. The van der Waals surface area contributed by atoms with Crippen molar-refractivity contribution in [3.05, 3.63) is 40.1 Å². The van der Waals surface area contributed by atoms with Crippen molar-refractivity contribution in [1.29, 1.82) is 0 Å². The molecule has 0 saturated heterocycles. The van der Waals surface area contributed by atoms with Crippen LogP contribution in [-0.2, 0) is 6.42 Å². The highest BCUT2D eigenvalue weighted by molar-refractivity contribution is 9.10. The van der Waals surface area contributed by atoms with Gasteiger partial charge < -0.3 is 5.11 Å². The maximum Gasteiger partial charge on any atom is 0.156 e. The molecule has 2 aromatic rings. The number of rotatable bonds is 3. The van der Waals surface area contributed by atoms with Crippen LogP contribution in [0.25, 0.3) is 0 Å². The minimum absolute atomic E-state index is 0.0178. The Morgan fingerprint density at radius 3 is 2.70 bits per heavy atom. The van der Waals surface area contributed by atoms with Crippen LogP contribution in [0.15, 0.2) is 28.7 Å². The molecule has 1 heterocycles. The van der Waals surface area contributed by atoms with E-state index in [4.69, 9.17) is 0 Å². The molecule has 1 saturated carbocycles. The molecular weight excluding hydrogens is 320 g/mol. The van der Waals surface area contributed by atoms with E-state index >= 15 is 0 Å². The summed E-state index contributed by atoms with van der Waals surface area (Å²) in [5.74, 6) is 0.818. The summed E-state index contributed by atoms with van der Waals surface area (Å²) >= 11 is 3.43. The van der Waals surface area contributed by atoms with Gasteiger partial charge in [0, 0.05) is 10.9 Å². The lowest BCUT2D eigenvalue weighted by molar-refractivity contribution is 0.0670. The minimum atomic E-state index is -0.337. The molecule has 0 spiro atoms. The summed E-state index contributed by atoms with van der Waals surface area (Å²) in [6, 6.07) is 8.16. The summed E-state index contributed by atoms with van der Waals surface area (Å²) in [5, 5.41) is 22.1. The van der Waals surface area contributed by atoms with E-state index in [1.165, 1.54) is 0 Å². The predicted octanol–water partition coefficient (Wildman–Crippen LogP) is 2.50. The molecule has 0 unspecified atom stereocenters. The van der Waals surface area contributed by atoms with E-state index in [0.29, 0.717) is 6.42 Å². The van der Waals surface area contributed by atoms with Crippen LogP contribution < -0.4 is 0 Å². The fourth-order valence-corrected chi connectivity index (χ4v) is 3.01. The normalized spacial score (nSPS) is 22.9. The van der Waals surface area contributed by atoms with Gasteiger partial charge in [-0.25, -0.2) is 4.68 Å². The zero-order valence-electron chi connectivity index (χ0n) is 11.1. The van der Waals surface area contributed by atoms with Crippen LogP contribution in [0.4, 0.5) is 0 Å². The lowest BCUT2D eigenvalue weighted by Gasteiger charge is -2.27. The van der Waals surface area contributed by atoms with Gasteiger partial charge in [-0.1, -0.05) is 40.9 Å². The lowest BCUT2D eigenvalue weighted by atomic mass is 9.92. The summed E-state index contributed by atoms with van der Waals surface area (Å²) in [4.78, 5) is 0. The summed E-state index contributed by atoms with van der Waals surface area (Å²) in [7, 11) is 0. The predicted molar refractivity (Wildman–Crippen MR) is 78.3 cm³/mol. The van der Waals surface area contributed by atoms with E-state index in [2.05, 4.69) is 43.6 Å². The Bertz CT molecular complexity index is 569. The molecule has 1 aromatic heterocycles. The first-order chi connectivity index (χ1) is 9.74. The van der Waals surface area contributed by atoms with E-state index in [-0.39, 0.29) is 12.1 Å². The summed E-state index contributed by atoms with van der Waals surface area (Å²) in [6.45, 7) is 0. The molecule has 0 amide bonds. The molecule has 1 aliphatic rings. The molecule has 0 aliphatic heterocycles. The fourth-order valence-electron chi connectivity index (χ4n) is 2.75. The van der Waals surface area contributed by atoms with Crippen molar-refractivity contribution in [1.82, 2.24) is 20.2 Å². The minimum Gasteiger partial charge on any atom is -0.391 e. The van der Waals surface area contributed by atoms with Gasteiger partial charge >= 0.3 is 0 Å². The second kappa shape index (κ2) is 6.01. The summed E-state index contributed by atoms with van der Waals surface area (Å²) in [6.07, 6.45) is 4.34. The van der Waals surface area contributed by atoms with Gasteiger partial charge in [-0.15, -0.1) is 5.10 Å². The second-order valence-corrected chi connectivity index (χ2v) is 6.18. The lowest BCUT2D eigenvalue weighted by Crippen LogP contribution is -2.29. The van der Waals surface area contributed by atoms with Gasteiger partial charge in [0.15, 0.2) is 5.82 Å². The summed E-state index contributed by atoms with van der Waals surface area (Å²) in [5.41, 5.74) is 1.16. The third-order valence-electron chi connectivity index (χ3n) is 3.84. The number of aromatic nitrogens is 4. The van der Waals surface area contributed by atoms with Crippen molar-refractivity contribution in [2.24, 2.45) is 0 Å². The van der Waals surface area contributed by atoms with Crippen LogP contribution in [-0.4, -0.2) is 31.4 Å². The second-order valence-electron chi connectivity index (χ2n) is 5.26. The first kappa shape index (κ1) is 13.7. The highest BCUT2D eigenvalue weighted by atomic mass is 79.9. The molecule has 1 aliphatic carbocycles. The van der Waals surface area contributed by atoms with Gasteiger partial charge in [0.25, 0.3) is 0 Å². The highest BCUT2D eigenvalue weighted by Crippen LogP contribution is 2.28. The Balaban J connectivity index is 1.81. The van der Waals surface area contributed by atoms with Crippen LogP contribution in [0.2, 0.25) is 0 Å². The van der Waals surface area contributed by atoms with Gasteiger partial charge in [-0.3, -0.25) is 0 Å². The molecule has 3 rings (SSSR count). The van der Waals surface area contributed by atoms with E-state index < -0.39 is 0 Å². The molecule has 5 nitrogen and oxygen atoms in total. The quantitative estimate of drug-likeness (QED) is 0.935. The number of aliphatic hydroxyl groups is 1. The third-order valence-corrected chi connectivity index (χ3v) is 4.37. The van der Waals surface area contributed by atoms with E-state index in [0.717, 1.165) is 41.5 Å². The Hall–Kier alpha value is -1.27. The Morgan fingerprint density at radius 1 is 1.20 bits per heavy atom. The molecular formula is C14H17BrN4O. The van der Waals surface area contributed by atoms with Crippen LogP contribution in [0.5, 0.6) is 0 Å². The first-order valence-corrected chi connectivity index (χ1v) is 7.72. The van der Waals surface area contributed by atoms with Gasteiger partial charge in [0.05, 0.1) is 12.1 Å². The molecule has 1 aromatic carbocycles. The largest absolute Gasteiger partial charge is 0.391 e. The maximum absolute atomic E-state index is 10.1. The number of benzene rings is 1. The molecule has 2 atom stereocenters. The number of hydrogen-bond acceptors (Lipinski definition) is 4. The zero-order chi connectivity index (χ0) is 13.9. The number of halogens is 1. The Labute approximate surface area is 126 Å². The number of aliphatic hydroxyl groups excluding tert-OH is 1. The maximum atomic E-state index is 10.1. The Morgan fingerprint density at radius 2 is 1.95 bits per heavy atom. The van der Waals surface area contributed by atoms with Crippen molar-refractivity contribution in [2.75, 3.05) is 0 Å². The SMILES string of the molecule is O[C@@H]1CCCC[C@H]1n1nnnc1Cc1ccc(Br)cc1. The average molecular weight is 337 g/mol. The molecule has 1 N–H and O–H groups in total. The topological polar surface area (TPSA) is 63.8 Å². The molecule has 106 valence electrons. The number of hydrogen-bond donors (Lipinski definition) is 1. The summed E-state index contributed by atoms with van der Waals surface area (Å²) < 4.78 is 2.87. The van der Waals surface area contributed by atoms with E-state index in [1.54, 1.807) is 0 Å². The van der Waals surface area contributed by atoms with Crippen molar-refractivity contribution in [3.63, 3.8) is 0 Å². The van der Waals surface area contributed by atoms with Crippen molar-refractivity contribution < 1.29 is 5.11 Å². The Kier molecular flexibility index (Phi) is 4.12.